The molecule has 6 rings (SSSR count). The van der Waals surface area contributed by atoms with Gasteiger partial charge in [0.1, 0.15) is 0 Å². The van der Waals surface area contributed by atoms with Gasteiger partial charge in [0.05, 0.1) is 0 Å². The molecule has 8 unspecified atom stereocenters. The molecule has 0 bridgehead atoms. The second kappa shape index (κ2) is 9.17. The van der Waals surface area contributed by atoms with Gasteiger partial charge in [-0.05, 0) is 138 Å². The molecule has 0 aromatic heterocycles. The summed E-state index contributed by atoms with van der Waals surface area (Å²) in [7, 11) is 0. The molecule has 2 aromatic rings. The molecule has 0 aliphatic heterocycles. The van der Waals surface area contributed by atoms with Crippen molar-refractivity contribution in [2.75, 3.05) is 0 Å². The van der Waals surface area contributed by atoms with Gasteiger partial charge in [-0.15, -0.1) is 0 Å². The highest BCUT2D eigenvalue weighted by atomic mass is 14.6. The Morgan fingerprint density at radius 2 is 1.67 bits per heavy atom. The quantitative estimate of drug-likeness (QED) is 0.396. The van der Waals surface area contributed by atoms with Crippen molar-refractivity contribution in [3.05, 3.63) is 47.0 Å². The van der Waals surface area contributed by atoms with Gasteiger partial charge in [0.2, 0.25) is 0 Å². The molecule has 0 nitrogen and oxygen atoms in total. The third kappa shape index (κ3) is 3.82. The zero-order valence-corrected chi connectivity index (χ0v) is 24.2. The first-order chi connectivity index (χ1) is 17.2. The Morgan fingerprint density at radius 1 is 0.889 bits per heavy atom. The Balaban J connectivity index is 1.25. The Hall–Kier alpha value is -1.30. The fourth-order valence-electron chi connectivity index (χ4n) is 10.9. The fraction of sp³-hybridized carbons (Fsp3) is 0.722. The zero-order valence-electron chi connectivity index (χ0n) is 24.2. The lowest BCUT2D eigenvalue weighted by Crippen LogP contribution is -2.54. The topological polar surface area (TPSA) is 0 Å². The van der Waals surface area contributed by atoms with Crippen LogP contribution in [0.3, 0.4) is 0 Å². The predicted molar refractivity (Wildman–Crippen MR) is 155 cm³/mol. The van der Waals surface area contributed by atoms with Crippen LogP contribution < -0.4 is 0 Å². The van der Waals surface area contributed by atoms with Crippen LogP contribution in [0.4, 0.5) is 0 Å². The van der Waals surface area contributed by atoms with Gasteiger partial charge in [0, 0.05) is 0 Å². The average molecular weight is 485 g/mol. The first kappa shape index (κ1) is 25.0. The molecule has 36 heavy (non-hydrogen) atoms. The van der Waals surface area contributed by atoms with Crippen molar-refractivity contribution in [3.63, 3.8) is 0 Å². The number of hydrogen-bond donors (Lipinski definition) is 0. The number of rotatable bonds is 5. The third-order valence-electron chi connectivity index (χ3n) is 12.8. The minimum Gasteiger partial charge on any atom is -0.0628 e. The molecule has 0 radical (unpaired) electrons. The molecule has 8 atom stereocenters. The molecule has 0 heteroatoms. The van der Waals surface area contributed by atoms with E-state index >= 15 is 0 Å². The maximum Gasteiger partial charge on any atom is -0.0152 e. The monoisotopic (exact) mass is 484 g/mol. The smallest absolute Gasteiger partial charge is 0.0152 e. The molecule has 0 N–H and O–H groups in total. The van der Waals surface area contributed by atoms with Crippen LogP contribution in [0, 0.1) is 59.2 Å². The van der Waals surface area contributed by atoms with Gasteiger partial charge in [-0.3, -0.25) is 0 Å². The number of benzene rings is 2. The van der Waals surface area contributed by atoms with Gasteiger partial charge in [-0.1, -0.05) is 84.2 Å². The van der Waals surface area contributed by atoms with E-state index in [2.05, 4.69) is 71.9 Å². The van der Waals surface area contributed by atoms with E-state index in [9.17, 15) is 0 Å². The molecular formula is C36H52. The van der Waals surface area contributed by atoms with E-state index in [1.165, 1.54) is 81.4 Å². The van der Waals surface area contributed by atoms with Gasteiger partial charge < -0.3 is 0 Å². The third-order valence-corrected chi connectivity index (χ3v) is 12.8. The van der Waals surface area contributed by atoms with Crippen molar-refractivity contribution >= 4 is 10.8 Å². The Bertz CT molecular complexity index is 1110. The summed E-state index contributed by atoms with van der Waals surface area (Å²) in [4.78, 5) is 0. The summed E-state index contributed by atoms with van der Waals surface area (Å²) in [5.74, 6) is 6.57. The second-order valence-electron chi connectivity index (χ2n) is 14.9. The highest BCUT2D eigenvalue weighted by molar-refractivity contribution is 5.87. The predicted octanol–water partition coefficient (Wildman–Crippen LogP) is 10.2. The lowest BCUT2D eigenvalue weighted by molar-refractivity contribution is -0.103. The van der Waals surface area contributed by atoms with Crippen molar-refractivity contribution in [3.8, 4) is 0 Å². The molecule has 0 saturated heterocycles. The molecule has 3 saturated carbocycles. The number of fused-ring (bicyclic) bond motifs is 7. The highest BCUT2D eigenvalue weighted by Crippen LogP contribution is 2.68. The van der Waals surface area contributed by atoms with Gasteiger partial charge in [-0.2, -0.15) is 0 Å². The first-order valence-corrected chi connectivity index (χ1v) is 15.7. The molecule has 0 heterocycles. The van der Waals surface area contributed by atoms with Crippen molar-refractivity contribution in [1.82, 2.24) is 0 Å². The van der Waals surface area contributed by atoms with Crippen LogP contribution in [0.15, 0.2) is 30.3 Å². The van der Waals surface area contributed by atoms with Crippen LogP contribution in [-0.2, 0) is 12.8 Å². The molecule has 196 valence electrons. The van der Waals surface area contributed by atoms with E-state index in [1.807, 2.05) is 0 Å². The van der Waals surface area contributed by atoms with Crippen LogP contribution in [0.25, 0.3) is 10.8 Å². The highest BCUT2D eigenvalue weighted by Gasteiger charge is 2.60. The second-order valence-corrected chi connectivity index (χ2v) is 14.9. The van der Waals surface area contributed by atoms with Crippen LogP contribution in [0.5, 0.6) is 0 Å². The van der Waals surface area contributed by atoms with Crippen LogP contribution in [-0.4, -0.2) is 0 Å². The fourth-order valence-corrected chi connectivity index (χ4v) is 10.9. The van der Waals surface area contributed by atoms with E-state index in [4.69, 9.17) is 0 Å². The molecule has 2 aromatic carbocycles. The average Bonchev–Trinajstić information content (AvgIpc) is 3.20. The van der Waals surface area contributed by atoms with E-state index < -0.39 is 0 Å². The molecular weight excluding hydrogens is 432 g/mol. The SMILES string of the molecule is Cc1c2c(cc3ccccc13)CC1CCC3C(CCC4(C)C(C(C)CCCC(C)C)CCC34)C1(C)C2. The van der Waals surface area contributed by atoms with Crippen molar-refractivity contribution in [2.45, 2.75) is 112 Å². The van der Waals surface area contributed by atoms with Crippen LogP contribution >= 0.6 is 0 Å². The van der Waals surface area contributed by atoms with Crippen LogP contribution in [0.1, 0.15) is 109 Å². The van der Waals surface area contributed by atoms with Gasteiger partial charge in [-0.25, -0.2) is 0 Å². The van der Waals surface area contributed by atoms with Crippen molar-refractivity contribution in [1.29, 1.82) is 0 Å². The minimum absolute atomic E-state index is 0.505. The van der Waals surface area contributed by atoms with Crippen LogP contribution in [0.2, 0.25) is 0 Å². The summed E-state index contributed by atoms with van der Waals surface area (Å²) in [6.45, 7) is 15.3. The maximum atomic E-state index is 2.76. The number of hydrogen-bond acceptors (Lipinski definition) is 0. The van der Waals surface area contributed by atoms with E-state index in [-0.39, 0.29) is 0 Å². The summed E-state index contributed by atoms with van der Waals surface area (Å²) in [5.41, 5.74) is 6.11. The first-order valence-electron chi connectivity index (χ1n) is 15.7. The molecule has 3 fully saturated rings. The summed E-state index contributed by atoms with van der Waals surface area (Å²) >= 11 is 0. The van der Waals surface area contributed by atoms with Gasteiger partial charge >= 0.3 is 0 Å². The maximum absolute atomic E-state index is 2.76. The number of aryl methyl sites for hydroxylation is 1. The lowest BCUT2D eigenvalue weighted by Gasteiger charge is -2.61. The lowest BCUT2D eigenvalue weighted by atomic mass is 9.44. The van der Waals surface area contributed by atoms with Crippen molar-refractivity contribution < 1.29 is 0 Å². The molecule has 0 spiro atoms. The molecule has 4 aliphatic rings. The summed E-state index contributed by atoms with van der Waals surface area (Å²) in [6.07, 6.45) is 16.0. The molecule has 0 amide bonds. The molecule has 4 aliphatic carbocycles. The standard InChI is InChI=1S/C36H52/c1-23(2)10-9-11-24(3)32-16-17-33-30-15-14-28-21-27-20-26-12-7-8-13-29(26)25(4)31(27)22-36(28,6)34(30)18-19-35(32,33)5/h7-8,12-13,20,23-24,28,30,32-34H,9-11,14-19,21-22H2,1-6H3. The Morgan fingerprint density at radius 3 is 2.47 bits per heavy atom. The Kier molecular flexibility index (Phi) is 6.37. The summed E-state index contributed by atoms with van der Waals surface area (Å²) < 4.78 is 0. The van der Waals surface area contributed by atoms with Gasteiger partial charge in [0.25, 0.3) is 0 Å². The van der Waals surface area contributed by atoms with E-state index in [1.54, 1.807) is 16.7 Å². The Labute approximate surface area is 222 Å². The largest absolute Gasteiger partial charge is 0.0628 e. The van der Waals surface area contributed by atoms with Gasteiger partial charge in [0.15, 0.2) is 0 Å². The normalized spacial score (nSPS) is 38.4. The summed E-state index contributed by atoms with van der Waals surface area (Å²) in [6, 6.07) is 11.7. The van der Waals surface area contributed by atoms with E-state index in [0.29, 0.717) is 10.8 Å². The van der Waals surface area contributed by atoms with E-state index in [0.717, 1.165) is 41.4 Å². The minimum atomic E-state index is 0.505. The van der Waals surface area contributed by atoms with Crippen molar-refractivity contribution in [2.24, 2.45) is 52.3 Å². The zero-order chi connectivity index (χ0) is 25.2. The summed E-state index contributed by atoms with van der Waals surface area (Å²) in [5, 5.41) is 2.95.